The van der Waals surface area contributed by atoms with Crippen molar-refractivity contribution in [2.45, 2.75) is 0 Å². The molecular formula is C13H8N4. The lowest BCUT2D eigenvalue weighted by atomic mass is 10.2. The minimum absolute atomic E-state index is 0.546. The summed E-state index contributed by atoms with van der Waals surface area (Å²) < 4.78 is 0. The number of aromatic nitrogens is 3. The zero-order valence-corrected chi connectivity index (χ0v) is 8.88. The van der Waals surface area contributed by atoms with E-state index in [0.29, 0.717) is 5.56 Å². The van der Waals surface area contributed by atoms with E-state index in [2.05, 4.69) is 15.0 Å². The van der Waals surface area contributed by atoms with Gasteiger partial charge in [0.1, 0.15) is 11.8 Å². The lowest BCUT2D eigenvalue weighted by Crippen LogP contribution is -1.86. The summed E-state index contributed by atoms with van der Waals surface area (Å²) in [5, 5.41) is 8.70. The van der Waals surface area contributed by atoms with Crippen molar-refractivity contribution in [1.29, 1.82) is 5.26 Å². The number of imidazole rings is 1. The predicted molar refractivity (Wildman–Crippen MR) is 64.0 cm³/mol. The Morgan fingerprint density at radius 2 is 2.00 bits per heavy atom. The number of aromatic amines is 1. The molecule has 1 aromatic carbocycles. The van der Waals surface area contributed by atoms with Crippen molar-refractivity contribution in [3.63, 3.8) is 0 Å². The van der Waals surface area contributed by atoms with Gasteiger partial charge in [0, 0.05) is 6.20 Å². The molecule has 0 saturated heterocycles. The number of pyridine rings is 1. The summed E-state index contributed by atoms with van der Waals surface area (Å²) in [4.78, 5) is 11.8. The highest BCUT2D eigenvalue weighted by atomic mass is 14.9. The van der Waals surface area contributed by atoms with Gasteiger partial charge in [-0.2, -0.15) is 5.26 Å². The minimum Gasteiger partial charge on any atom is -0.337 e. The molecule has 0 fully saturated rings. The van der Waals surface area contributed by atoms with Gasteiger partial charge in [0.25, 0.3) is 0 Å². The molecule has 0 unspecified atom stereocenters. The molecule has 0 aliphatic heterocycles. The van der Waals surface area contributed by atoms with E-state index in [4.69, 9.17) is 5.26 Å². The van der Waals surface area contributed by atoms with Gasteiger partial charge >= 0.3 is 0 Å². The molecule has 0 amide bonds. The predicted octanol–water partition coefficient (Wildman–Crippen LogP) is 2.50. The molecule has 0 spiro atoms. The zero-order valence-electron chi connectivity index (χ0n) is 8.88. The highest BCUT2D eigenvalue weighted by Gasteiger charge is 2.05. The van der Waals surface area contributed by atoms with Crippen molar-refractivity contribution in [3.05, 3.63) is 48.2 Å². The first-order chi connectivity index (χ1) is 8.36. The lowest BCUT2D eigenvalue weighted by Gasteiger charge is -1.94. The summed E-state index contributed by atoms with van der Waals surface area (Å²) in [6, 6.07) is 13.4. The topological polar surface area (TPSA) is 65.4 Å². The highest BCUT2D eigenvalue weighted by Crippen LogP contribution is 2.18. The van der Waals surface area contributed by atoms with E-state index < -0.39 is 0 Å². The summed E-state index contributed by atoms with van der Waals surface area (Å²) in [6.45, 7) is 0. The summed E-state index contributed by atoms with van der Waals surface area (Å²) in [5.41, 5.74) is 3.17. The Balaban J connectivity index is 2.11. The molecule has 0 bridgehead atoms. The molecule has 0 radical (unpaired) electrons. The molecule has 1 N–H and O–H groups in total. The maximum atomic E-state index is 8.70. The number of nitrogens with one attached hydrogen (secondary N) is 1. The molecule has 2 heterocycles. The monoisotopic (exact) mass is 220 g/mol. The largest absolute Gasteiger partial charge is 0.337 e. The Kier molecular flexibility index (Phi) is 2.09. The third-order valence-corrected chi connectivity index (χ3v) is 2.52. The van der Waals surface area contributed by atoms with Crippen LogP contribution in [0.3, 0.4) is 0 Å². The molecular weight excluding hydrogens is 212 g/mol. The van der Waals surface area contributed by atoms with E-state index in [0.717, 1.165) is 22.6 Å². The Hall–Kier alpha value is -2.67. The second-order valence-electron chi connectivity index (χ2n) is 3.65. The fourth-order valence-corrected chi connectivity index (χ4v) is 1.67. The average molecular weight is 220 g/mol. The van der Waals surface area contributed by atoms with E-state index in [9.17, 15) is 0 Å². The van der Waals surface area contributed by atoms with E-state index in [1.807, 2.05) is 30.3 Å². The molecule has 80 valence electrons. The van der Waals surface area contributed by atoms with Gasteiger partial charge in [-0.3, -0.25) is 4.98 Å². The van der Waals surface area contributed by atoms with Crippen LogP contribution in [0.5, 0.6) is 0 Å². The SMILES string of the molecule is N#Cc1ccc(-c2nc3ccccc3[nH]2)nc1. The molecule has 3 aromatic rings. The molecule has 2 aromatic heterocycles. The first-order valence-electron chi connectivity index (χ1n) is 5.18. The molecule has 0 aliphatic carbocycles. The second-order valence-corrected chi connectivity index (χ2v) is 3.65. The number of fused-ring (bicyclic) bond motifs is 1. The summed E-state index contributed by atoms with van der Waals surface area (Å²) in [6.07, 6.45) is 1.54. The van der Waals surface area contributed by atoms with Gasteiger partial charge in [-0.15, -0.1) is 0 Å². The van der Waals surface area contributed by atoms with Crippen LogP contribution < -0.4 is 0 Å². The molecule has 4 heteroatoms. The van der Waals surface area contributed by atoms with E-state index in [1.165, 1.54) is 0 Å². The van der Waals surface area contributed by atoms with Gasteiger partial charge in [0.15, 0.2) is 5.82 Å². The molecule has 17 heavy (non-hydrogen) atoms. The lowest BCUT2D eigenvalue weighted by molar-refractivity contribution is 1.23. The number of para-hydroxylation sites is 2. The van der Waals surface area contributed by atoms with Crippen LogP contribution in [-0.2, 0) is 0 Å². The van der Waals surface area contributed by atoms with Crippen LogP contribution in [0, 0.1) is 11.3 Å². The maximum Gasteiger partial charge on any atom is 0.157 e. The number of nitriles is 1. The molecule has 0 aliphatic rings. The fraction of sp³-hybridized carbons (Fsp3) is 0. The zero-order chi connectivity index (χ0) is 11.7. The van der Waals surface area contributed by atoms with Crippen molar-refractivity contribution in [3.8, 4) is 17.6 Å². The number of H-pyrrole nitrogens is 1. The van der Waals surface area contributed by atoms with Gasteiger partial charge in [-0.1, -0.05) is 12.1 Å². The standard InChI is InChI=1S/C13H8N4/c14-7-9-5-6-12(15-8-9)13-16-10-3-1-2-4-11(10)17-13/h1-6,8H,(H,16,17). The van der Waals surface area contributed by atoms with Crippen LogP contribution in [0.4, 0.5) is 0 Å². The average Bonchev–Trinajstić information content (AvgIpc) is 2.82. The smallest absolute Gasteiger partial charge is 0.157 e. The van der Waals surface area contributed by atoms with Gasteiger partial charge < -0.3 is 4.98 Å². The van der Waals surface area contributed by atoms with Crippen LogP contribution in [0.25, 0.3) is 22.6 Å². The van der Waals surface area contributed by atoms with Crippen molar-refractivity contribution in [2.75, 3.05) is 0 Å². The molecule has 4 nitrogen and oxygen atoms in total. The molecule has 0 atom stereocenters. The first kappa shape index (κ1) is 9.55. The number of hydrogen-bond acceptors (Lipinski definition) is 3. The fourth-order valence-electron chi connectivity index (χ4n) is 1.67. The van der Waals surface area contributed by atoms with Crippen LogP contribution >= 0.6 is 0 Å². The molecule has 3 rings (SSSR count). The second kappa shape index (κ2) is 3.72. The minimum atomic E-state index is 0.546. The van der Waals surface area contributed by atoms with Crippen molar-refractivity contribution in [1.82, 2.24) is 15.0 Å². The van der Waals surface area contributed by atoms with E-state index >= 15 is 0 Å². The number of rotatable bonds is 1. The Bertz CT molecular complexity index is 671. The van der Waals surface area contributed by atoms with Crippen LogP contribution in [0.15, 0.2) is 42.6 Å². The third-order valence-electron chi connectivity index (χ3n) is 2.52. The van der Waals surface area contributed by atoms with Gasteiger partial charge in [-0.05, 0) is 24.3 Å². The first-order valence-corrected chi connectivity index (χ1v) is 5.18. The third kappa shape index (κ3) is 1.64. The summed E-state index contributed by atoms with van der Waals surface area (Å²) in [5.74, 6) is 0.718. The molecule has 0 saturated carbocycles. The van der Waals surface area contributed by atoms with Crippen molar-refractivity contribution in [2.24, 2.45) is 0 Å². The number of nitrogens with zero attached hydrogens (tertiary/aromatic N) is 3. The highest BCUT2D eigenvalue weighted by molar-refractivity contribution is 5.78. The van der Waals surface area contributed by atoms with Crippen LogP contribution in [-0.4, -0.2) is 15.0 Å². The Labute approximate surface area is 97.6 Å². The van der Waals surface area contributed by atoms with Crippen LogP contribution in [0.1, 0.15) is 5.56 Å². The van der Waals surface area contributed by atoms with Crippen LogP contribution in [0.2, 0.25) is 0 Å². The van der Waals surface area contributed by atoms with E-state index in [1.54, 1.807) is 18.3 Å². The number of benzene rings is 1. The normalized spacial score (nSPS) is 10.3. The number of hydrogen-bond donors (Lipinski definition) is 1. The van der Waals surface area contributed by atoms with Crippen molar-refractivity contribution < 1.29 is 0 Å². The van der Waals surface area contributed by atoms with Crippen molar-refractivity contribution >= 4 is 11.0 Å². The maximum absolute atomic E-state index is 8.70. The van der Waals surface area contributed by atoms with Gasteiger partial charge in [0.2, 0.25) is 0 Å². The van der Waals surface area contributed by atoms with Gasteiger partial charge in [0.05, 0.1) is 16.6 Å². The van der Waals surface area contributed by atoms with E-state index in [-0.39, 0.29) is 0 Å². The summed E-state index contributed by atoms with van der Waals surface area (Å²) in [7, 11) is 0. The Morgan fingerprint density at radius 3 is 2.71 bits per heavy atom. The van der Waals surface area contributed by atoms with Gasteiger partial charge in [-0.25, -0.2) is 4.98 Å². The quantitative estimate of drug-likeness (QED) is 0.685. The summed E-state index contributed by atoms with van der Waals surface area (Å²) >= 11 is 0. The Morgan fingerprint density at radius 1 is 1.12 bits per heavy atom.